The average Bonchev–Trinajstić information content (AvgIpc) is 2.65. The first kappa shape index (κ1) is 19.8. The number of nitrogens with two attached hydrogens (primary N) is 1. The van der Waals surface area contributed by atoms with E-state index >= 15 is 0 Å². The summed E-state index contributed by atoms with van der Waals surface area (Å²) >= 11 is 0. The number of aromatic amines is 1. The van der Waals surface area contributed by atoms with Crippen molar-refractivity contribution in [2.24, 2.45) is 0 Å². The summed E-state index contributed by atoms with van der Waals surface area (Å²) in [6.45, 7) is 1.36. The molecule has 1 atom stereocenters. The van der Waals surface area contributed by atoms with E-state index in [9.17, 15) is 19.5 Å². The molecule has 1 aromatic heterocycles. The van der Waals surface area contributed by atoms with Gasteiger partial charge in [-0.2, -0.15) is 0 Å². The van der Waals surface area contributed by atoms with Gasteiger partial charge in [-0.05, 0) is 24.9 Å². The minimum Gasteiger partial charge on any atom is -0.392 e. The van der Waals surface area contributed by atoms with Crippen LogP contribution in [0.1, 0.15) is 18.4 Å². The maximum atomic E-state index is 12.7. The molecule has 1 fully saturated rings. The number of H-pyrrole nitrogens is 1. The van der Waals surface area contributed by atoms with Crippen molar-refractivity contribution in [1.29, 1.82) is 0 Å². The fourth-order valence-corrected chi connectivity index (χ4v) is 3.42. The molecule has 2 aromatic rings. The van der Waals surface area contributed by atoms with Crippen LogP contribution in [0.25, 0.3) is 0 Å². The van der Waals surface area contributed by atoms with Crippen LogP contribution in [0.5, 0.6) is 0 Å². The highest BCUT2D eigenvalue weighted by Gasteiger charge is 2.25. The second kappa shape index (κ2) is 8.41. The van der Waals surface area contributed by atoms with Gasteiger partial charge in [0, 0.05) is 13.6 Å². The first-order valence-corrected chi connectivity index (χ1v) is 9.20. The molecule has 28 heavy (non-hydrogen) atoms. The van der Waals surface area contributed by atoms with Crippen LogP contribution in [-0.2, 0) is 11.3 Å². The number of nitrogens with one attached hydrogen (secondary N) is 1. The van der Waals surface area contributed by atoms with Gasteiger partial charge in [-0.15, -0.1) is 0 Å². The van der Waals surface area contributed by atoms with Crippen molar-refractivity contribution in [3.05, 3.63) is 56.7 Å². The van der Waals surface area contributed by atoms with Crippen molar-refractivity contribution in [2.45, 2.75) is 25.5 Å². The van der Waals surface area contributed by atoms with Gasteiger partial charge < -0.3 is 15.7 Å². The number of nitrogen functional groups attached to an aromatic ring is 1. The van der Waals surface area contributed by atoms with Crippen LogP contribution in [0.4, 0.5) is 11.5 Å². The van der Waals surface area contributed by atoms with Gasteiger partial charge in [0.15, 0.2) is 5.69 Å². The summed E-state index contributed by atoms with van der Waals surface area (Å²) < 4.78 is 1.24. The van der Waals surface area contributed by atoms with Crippen molar-refractivity contribution in [1.82, 2.24) is 14.5 Å². The van der Waals surface area contributed by atoms with Gasteiger partial charge in [-0.3, -0.25) is 24.0 Å². The van der Waals surface area contributed by atoms with E-state index in [1.54, 1.807) is 0 Å². The molecule has 1 amide bonds. The number of rotatable bonds is 5. The third kappa shape index (κ3) is 4.32. The summed E-state index contributed by atoms with van der Waals surface area (Å²) in [6.07, 6.45) is 1.08. The number of β-amino-alcohol motifs (C(OH)–C–C–N with tert-alkyl or cyclic N) is 1. The highest BCUT2D eigenvalue weighted by atomic mass is 16.3. The number of anilines is 2. The number of aromatic nitrogens is 2. The van der Waals surface area contributed by atoms with Crippen LogP contribution >= 0.6 is 0 Å². The zero-order chi connectivity index (χ0) is 20.3. The van der Waals surface area contributed by atoms with Gasteiger partial charge >= 0.3 is 5.69 Å². The Balaban J connectivity index is 1.86. The molecule has 1 aliphatic rings. The third-order valence-electron chi connectivity index (χ3n) is 4.95. The second-order valence-corrected chi connectivity index (χ2v) is 7.05. The zero-order valence-corrected chi connectivity index (χ0v) is 15.8. The highest BCUT2D eigenvalue weighted by Crippen LogP contribution is 2.17. The van der Waals surface area contributed by atoms with Crippen LogP contribution in [0.15, 0.2) is 39.9 Å². The van der Waals surface area contributed by atoms with Gasteiger partial charge in [0.2, 0.25) is 5.91 Å². The van der Waals surface area contributed by atoms with Gasteiger partial charge in [0.05, 0.1) is 19.2 Å². The molecular formula is C19H25N5O4. The van der Waals surface area contributed by atoms with E-state index in [1.807, 2.05) is 35.2 Å². The van der Waals surface area contributed by atoms with E-state index in [4.69, 9.17) is 5.73 Å². The minimum atomic E-state index is -0.707. The van der Waals surface area contributed by atoms with E-state index in [1.165, 1.54) is 16.5 Å². The molecule has 0 bridgehead atoms. The SMILES string of the molecule is CN(C(=O)CN1CCCC(O)C1)c1c(N)n(Cc2ccccc2)c(=O)[nH]c1=O. The number of carbonyl (C=O) groups excluding carboxylic acids is 1. The van der Waals surface area contributed by atoms with Crippen LogP contribution in [-0.4, -0.2) is 58.3 Å². The van der Waals surface area contributed by atoms with Crippen LogP contribution in [0.3, 0.4) is 0 Å². The number of piperidine rings is 1. The normalized spacial score (nSPS) is 17.4. The van der Waals surface area contributed by atoms with Gasteiger partial charge in [-0.25, -0.2) is 4.79 Å². The molecule has 9 heteroatoms. The van der Waals surface area contributed by atoms with Gasteiger partial charge in [-0.1, -0.05) is 30.3 Å². The third-order valence-corrected chi connectivity index (χ3v) is 4.95. The topological polar surface area (TPSA) is 125 Å². The summed E-state index contributed by atoms with van der Waals surface area (Å²) in [5.74, 6) is -0.400. The number of benzene rings is 1. The lowest BCUT2D eigenvalue weighted by Gasteiger charge is -2.30. The van der Waals surface area contributed by atoms with Crippen LogP contribution in [0, 0.1) is 0 Å². The van der Waals surface area contributed by atoms with Crippen molar-refractivity contribution < 1.29 is 9.90 Å². The molecule has 4 N–H and O–H groups in total. The fourth-order valence-electron chi connectivity index (χ4n) is 3.42. The Bertz CT molecular complexity index is 953. The van der Waals surface area contributed by atoms with Crippen molar-refractivity contribution in [3.63, 3.8) is 0 Å². The summed E-state index contributed by atoms with van der Waals surface area (Å²) in [5.41, 5.74) is 5.57. The Morgan fingerprint density at radius 2 is 2.04 bits per heavy atom. The molecule has 9 nitrogen and oxygen atoms in total. The standard InChI is InChI=1S/C19H25N5O4/c1-22(15(26)12-23-9-5-8-14(25)11-23)16-17(20)24(19(28)21-18(16)27)10-13-6-3-2-4-7-13/h2-4,6-7,14,25H,5,8-12,20H2,1H3,(H,21,27,28). The molecule has 2 heterocycles. The Morgan fingerprint density at radius 3 is 2.71 bits per heavy atom. The highest BCUT2D eigenvalue weighted by molar-refractivity contribution is 5.96. The molecule has 0 spiro atoms. The van der Waals surface area contributed by atoms with Crippen molar-refractivity contribution >= 4 is 17.4 Å². The molecule has 1 saturated heterocycles. The number of carbonyl (C=O) groups is 1. The molecular weight excluding hydrogens is 362 g/mol. The Morgan fingerprint density at radius 1 is 1.32 bits per heavy atom. The summed E-state index contributed by atoms with van der Waals surface area (Å²) in [5, 5.41) is 9.76. The number of amides is 1. The second-order valence-electron chi connectivity index (χ2n) is 7.05. The summed E-state index contributed by atoms with van der Waals surface area (Å²) in [7, 11) is 1.46. The molecule has 1 unspecified atom stereocenters. The van der Waals surface area contributed by atoms with E-state index < -0.39 is 17.4 Å². The predicted octanol–water partition coefficient (Wildman–Crippen LogP) is -0.413. The summed E-state index contributed by atoms with van der Waals surface area (Å²) in [4.78, 5) is 42.6. The van der Waals surface area contributed by atoms with Gasteiger partial charge in [0.25, 0.3) is 5.56 Å². The number of aliphatic hydroxyl groups is 1. The lowest BCUT2D eigenvalue weighted by atomic mass is 10.1. The molecule has 3 rings (SSSR count). The molecule has 1 aliphatic heterocycles. The monoisotopic (exact) mass is 387 g/mol. The fraction of sp³-hybridized carbons (Fsp3) is 0.421. The van der Waals surface area contributed by atoms with E-state index in [-0.39, 0.29) is 30.5 Å². The average molecular weight is 387 g/mol. The zero-order valence-electron chi connectivity index (χ0n) is 15.8. The number of aliphatic hydroxyl groups excluding tert-OH is 1. The maximum Gasteiger partial charge on any atom is 0.330 e. The Hall–Kier alpha value is -2.91. The molecule has 0 aliphatic carbocycles. The Kier molecular flexibility index (Phi) is 5.96. The van der Waals surface area contributed by atoms with Crippen LogP contribution < -0.4 is 21.9 Å². The predicted molar refractivity (Wildman–Crippen MR) is 106 cm³/mol. The van der Waals surface area contributed by atoms with Crippen molar-refractivity contribution in [2.75, 3.05) is 37.3 Å². The summed E-state index contributed by atoms with van der Waals surface area (Å²) in [6, 6.07) is 9.22. The molecule has 0 saturated carbocycles. The van der Waals surface area contributed by atoms with E-state index in [0.29, 0.717) is 13.1 Å². The largest absolute Gasteiger partial charge is 0.392 e. The Labute approximate surface area is 162 Å². The van der Waals surface area contributed by atoms with E-state index in [2.05, 4.69) is 4.98 Å². The maximum absolute atomic E-state index is 12.7. The number of hydrogen-bond donors (Lipinski definition) is 3. The lowest BCUT2D eigenvalue weighted by Crippen LogP contribution is -2.46. The van der Waals surface area contributed by atoms with E-state index in [0.717, 1.165) is 18.4 Å². The number of likely N-dealkylation sites (N-methyl/N-ethyl adjacent to an activating group) is 1. The quantitative estimate of drug-likeness (QED) is 0.640. The first-order valence-electron chi connectivity index (χ1n) is 9.20. The molecule has 1 aromatic carbocycles. The minimum absolute atomic E-state index is 0.0573. The first-order chi connectivity index (χ1) is 13.4. The number of likely N-dealkylation sites (tertiary alicyclic amines) is 1. The molecule has 0 radical (unpaired) electrons. The van der Waals surface area contributed by atoms with Crippen LogP contribution in [0.2, 0.25) is 0 Å². The molecule has 150 valence electrons. The lowest BCUT2D eigenvalue weighted by molar-refractivity contribution is -0.120. The number of nitrogens with zero attached hydrogens (tertiary/aromatic N) is 3. The van der Waals surface area contributed by atoms with Crippen molar-refractivity contribution in [3.8, 4) is 0 Å². The smallest absolute Gasteiger partial charge is 0.330 e. The number of hydrogen-bond acceptors (Lipinski definition) is 6. The van der Waals surface area contributed by atoms with Gasteiger partial charge in [0.1, 0.15) is 5.82 Å².